The van der Waals surface area contributed by atoms with Gasteiger partial charge in [-0.3, -0.25) is 0 Å². The molecule has 20 heavy (non-hydrogen) atoms. The van der Waals surface area contributed by atoms with Gasteiger partial charge in [-0.2, -0.15) is 0 Å². The van der Waals surface area contributed by atoms with Gasteiger partial charge in [-0.1, -0.05) is 44.6 Å². The molecule has 0 aliphatic heterocycles. The monoisotopic (exact) mass is 271 g/mol. The molecule has 4 heteroatoms. The number of anilines is 1. The fraction of sp³-hybridized carbons (Fsp3) is 0.562. The van der Waals surface area contributed by atoms with E-state index in [0.29, 0.717) is 5.69 Å². The topological polar surface area (TPSA) is 49.3 Å². The Bertz CT molecular complexity index is 456. The summed E-state index contributed by atoms with van der Waals surface area (Å²) in [6.45, 7) is 0. The van der Waals surface area contributed by atoms with E-state index < -0.39 is 5.97 Å². The number of hydrogen-bond acceptors (Lipinski definition) is 2. The van der Waals surface area contributed by atoms with Crippen LogP contribution in [0.25, 0.3) is 0 Å². The fourth-order valence-corrected chi connectivity index (χ4v) is 3.12. The van der Waals surface area contributed by atoms with Crippen LogP contribution in [0.5, 0.6) is 0 Å². The predicted octanol–water partition coefficient (Wildman–Crippen LogP) is 3.78. The normalized spacial score (nSPS) is 16.0. The summed E-state index contributed by atoms with van der Waals surface area (Å²) in [5.74, 6) is -0.0548. The van der Waals surface area contributed by atoms with Crippen molar-refractivity contribution < 1.29 is 9.90 Å². The molecule has 1 aliphatic rings. The number of hydrogen-bond donors (Lipinski definition) is 2. The predicted molar refractivity (Wildman–Crippen MR) is 82.3 cm³/mol. The van der Waals surface area contributed by atoms with E-state index in [1.165, 1.54) is 44.9 Å². The van der Waals surface area contributed by atoms with E-state index in [1.54, 1.807) is 6.07 Å². The number of rotatable bonds is 6. The van der Waals surface area contributed by atoms with Crippen molar-refractivity contribution in [3.05, 3.63) is 29.3 Å². The van der Waals surface area contributed by atoms with Crippen molar-refractivity contribution in [3.63, 3.8) is 0 Å². The highest BCUT2D eigenvalue weighted by atomic mass is 16.4. The second-order valence-electron chi connectivity index (χ2n) is 5.73. The summed E-state index contributed by atoms with van der Waals surface area (Å²) >= 11 is 0. The maximum Gasteiger partial charge on any atom is 0.337 e. The Kier molecular flexibility index (Phi) is 5.51. The van der Waals surface area contributed by atoms with Crippen LogP contribution in [-0.4, -0.2) is 19.1 Å². The summed E-state index contributed by atoms with van der Waals surface area (Å²) in [5, 5.41) is 11.5. The smallest absolute Gasteiger partial charge is 0.337 e. The first-order valence-electron chi connectivity index (χ1n) is 7.53. The largest absolute Gasteiger partial charge is 0.478 e. The minimum absolute atomic E-state index is 0.225. The lowest BCUT2D eigenvalue weighted by molar-refractivity contribution is 0.0698. The molecule has 1 fully saturated rings. The lowest BCUT2D eigenvalue weighted by Crippen LogP contribution is -2.07. The number of carboxylic acids is 1. The molecule has 2 rings (SSSR count). The van der Waals surface area contributed by atoms with E-state index >= 15 is 0 Å². The summed E-state index contributed by atoms with van der Waals surface area (Å²) < 4.78 is 0. The zero-order chi connectivity index (χ0) is 14.4. The van der Waals surface area contributed by atoms with Gasteiger partial charge in [0.15, 0.2) is 0 Å². The van der Waals surface area contributed by atoms with Crippen LogP contribution in [0, 0.1) is 5.92 Å². The highest BCUT2D eigenvalue weighted by molar-refractivity contribution is 6.17. The zero-order valence-corrected chi connectivity index (χ0v) is 11.9. The van der Waals surface area contributed by atoms with Crippen molar-refractivity contribution in [2.24, 2.45) is 5.92 Å². The number of benzene rings is 1. The molecular weight excluding hydrogens is 249 g/mol. The number of carbonyl (C=O) groups is 1. The summed E-state index contributed by atoms with van der Waals surface area (Å²) in [6, 6.07) is 5.38. The minimum atomic E-state index is -0.952. The Balaban J connectivity index is 1.87. The number of carboxylic acid groups (broad SMARTS) is 1. The molecule has 0 amide bonds. The van der Waals surface area contributed by atoms with E-state index in [2.05, 4.69) is 5.23 Å². The van der Waals surface area contributed by atoms with E-state index in [1.807, 2.05) is 12.1 Å². The minimum Gasteiger partial charge on any atom is -0.478 e. The van der Waals surface area contributed by atoms with Crippen molar-refractivity contribution in [1.82, 2.24) is 0 Å². The molecule has 1 aliphatic carbocycles. The quantitative estimate of drug-likeness (QED) is 0.774. The lowest BCUT2D eigenvalue weighted by Gasteiger charge is -2.21. The Morgan fingerprint density at radius 3 is 2.70 bits per heavy atom. The first-order chi connectivity index (χ1) is 9.70. The number of aryl methyl sites for hydroxylation is 1. The number of aromatic carboxylic acids is 1. The molecule has 0 saturated heterocycles. The third kappa shape index (κ3) is 4.02. The van der Waals surface area contributed by atoms with Gasteiger partial charge in [-0.05, 0) is 36.5 Å². The van der Waals surface area contributed by atoms with E-state index in [-0.39, 0.29) is 5.56 Å². The van der Waals surface area contributed by atoms with Gasteiger partial charge >= 0.3 is 5.97 Å². The SMILES string of the molecule is [B]Nc1cc(CCCC2CCCCC2)ccc1C(=O)O. The van der Waals surface area contributed by atoms with Gasteiger partial charge in [0, 0.05) is 5.69 Å². The molecular formula is C16H22BNO2. The lowest BCUT2D eigenvalue weighted by atomic mass is 9.85. The molecule has 0 aromatic heterocycles. The van der Waals surface area contributed by atoms with E-state index in [0.717, 1.165) is 17.9 Å². The first-order valence-corrected chi connectivity index (χ1v) is 7.53. The zero-order valence-electron chi connectivity index (χ0n) is 11.9. The molecule has 3 nitrogen and oxygen atoms in total. The van der Waals surface area contributed by atoms with Gasteiger partial charge in [-0.15, -0.1) is 0 Å². The van der Waals surface area contributed by atoms with Gasteiger partial charge < -0.3 is 10.3 Å². The average molecular weight is 271 g/mol. The van der Waals surface area contributed by atoms with Crippen LogP contribution in [0.3, 0.4) is 0 Å². The van der Waals surface area contributed by atoms with Crippen LogP contribution in [0.4, 0.5) is 5.69 Å². The summed E-state index contributed by atoms with van der Waals surface area (Å²) in [5.41, 5.74) is 1.87. The van der Waals surface area contributed by atoms with E-state index in [9.17, 15) is 4.79 Å². The van der Waals surface area contributed by atoms with Crippen molar-refractivity contribution in [1.29, 1.82) is 0 Å². The molecule has 0 spiro atoms. The molecule has 1 saturated carbocycles. The molecule has 2 N–H and O–H groups in total. The molecule has 0 unspecified atom stereocenters. The fourth-order valence-electron chi connectivity index (χ4n) is 3.12. The number of nitrogens with one attached hydrogen (secondary N) is 1. The first kappa shape index (κ1) is 15.0. The molecule has 0 atom stereocenters. The van der Waals surface area contributed by atoms with E-state index in [4.69, 9.17) is 13.1 Å². The van der Waals surface area contributed by atoms with Crippen LogP contribution in [0.1, 0.15) is 60.9 Å². The molecule has 2 radical (unpaired) electrons. The van der Waals surface area contributed by atoms with Gasteiger partial charge in [0.05, 0.1) is 5.56 Å². The Labute approximate surface area is 122 Å². The van der Waals surface area contributed by atoms with Crippen LogP contribution in [0.15, 0.2) is 18.2 Å². The van der Waals surface area contributed by atoms with Crippen molar-refractivity contribution in [3.8, 4) is 0 Å². The van der Waals surface area contributed by atoms with Crippen molar-refractivity contribution >= 4 is 19.6 Å². The standard InChI is InChI=1S/C16H22BNO2/c17-18-15-11-13(9-10-14(15)16(19)20)8-4-7-12-5-2-1-3-6-12/h9-12,18H,1-8H2,(H,19,20). The second-order valence-corrected chi connectivity index (χ2v) is 5.73. The molecule has 0 heterocycles. The highest BCUT2D eigenvalue weighted by Gasteiger charge is 2.13. The van der Waals surface area contributed by atoms with Gasteiger partial charge in [0.25, 0.3) is 0 Å². The third-order valence-electron chi connectivity index (χ3n) is 4.27. The molecule has 106 valence electrons. The molecule has 1 aromatic rings. The molecule has 0 bridgehead atoms. The maximum atomic E-state index is 11.0. The Morgan fingerprint density at radius 1 is 1.30 bits per heavy atom. The van der Waals surface area contributed by atoms with Crippen molar-refractivity contribution in [2.75, 3.05) is 5.23 Å². The third-order valence-corrected chi connectivity index (χ3v) is 4.27. The van der Waals surface area contributed by atoms with Gasteiger partial charge in [0.1, 0.15) is 0 Å². The maximum absolute atomic E-state index is 11.0. The Hall–Kier alpha value is -1.45. The average Bonchev–Trinajstić information content (AvgIpc) is 2.48. The second kappa shape index (κ2) is 7.37. The van der Waals surface area contributed by atoms with Crippen LogP contribution in [0.2, 0.25) is 0 Å². The molecule has 1 aromatic carbocycles. The van der Waals surface area contributed by atoms with Crippen LogP contribution in [-0.2, 0) is 6.42 Å². The summed E-state index contributed by atoms with van der Waals surface area (Å²) in [6.07, 6.45) is 10.4. The summed E-state index contributed by atoms with van der Waals surface area (Å²) in [4.78, 5) is 11.0. The van der Waals surface area contributed by atoms with Gasteiger partial charge in [0.2, 0.25) is 7.98 Å². The van der Waals surface area contributed by atoms with Crippen LogP contribution < -0.4 is 5.23 Å². The van der Waals surface area contributed by atoms with Gasteiger partial charge in [-0.25, -0.2) is 4.79 Å². The van der Waals surface area contributed by atoms with Crippen LogP contribution >= 0.6 is 0 Å². The van der Waals surface area contributed by atoms with Crippen molar-refractivity contribution in [2.45, 2.75) is 51.4 Å². The summed E-state index contributed by atoms with van der Waals surface area (Å²) in [7, 11) is 5.39. The highest BCUT2D eigenvalue weighted by Crippen LogP contribution is 2.28. The Morgan fingerprint density at radius 2 is 2.05 bits per heavy atom.